The van der Waals surface area contributed by atoms with Gasteiger partial charge in [-0.15, -0.1) is 0 Å². The van der Waals surface area contributed by atoms with Crippen LogP contribution in [0.5, 0.6) is 0 Å². The monoisotopic (exact) mass is 332 g/mol. The minimum Gasteiger partial charge on any atom is -0.465 e. The maximum atomic E-state index is 11.9. The highest BCUT2D eigenvalue weighted by molar-refractivity contribution is 5.88. The van der Waals surface area contributed by atoms with E-state index in [2.05, 4.69) is 31.7 Å². The van der Waals surface area contributed by atoms with Crippen molar-refractivity contribution in [3.05, 3.63) is 29.3 Å². The predicted octanol–water partition coefficient (Wildman–Crippen LogP) is 4.86. The third-order valence-corrected chi connectivity index (χ3v) is 4.57. The molecule has 2 rings (SSSR count). The van der Waals surface area contributed by atoms with Crippen LogP contribution in [0.1, 0.15) is 65.5 Å². The second-order valence-electron chi connectivity index (χ2n) is 8.91. The van der Waals surface area contributed by atoms with Crippen molar-refractivity contribution in [2.45, 2.75) is 71.9 Å². The van der Waals surface area contributed by atoms with Gasteiger partial charge in [-0.05, 0) is 75.4 Å². The van der Waals surface area contributed by atoms with Gasteiger partial charge < -0.3 is 5.11 Å². The topological polar surface area (TPSA) is 43.8 Å². The summed E-state index contributed by atoms with van der Waals surface area (Å²) in [6.45, 7) is 15.5. The lowest BCUT2D eigenvalue weighted by molar-refractivity contribution is 0.195. The van der Waals surface area contributed by atoms with Crippen LogP contribution in [0.4, 0.5) is 10.5 Å². The van der Waals surface area contributed by atoms with E-state index in [0.717, 1.165) is 25.3 Å². The summed E-state index contributed by atoms with van der Waals surface area (Å²) in [4.78, 5) is 15.8. The molecule has 0 saturated carbocycles. The molecule has 134 valence electrons. The Morgan fingerprint density at radius 2 is 1.67 bits per heavy atom. The maximum Gasteiger partial charge on any atom is 0.412 e. The summed E-state index contributed by atoms with van der Waals surface area (Å²) in [5.74, 6) is 0. The zero-order valence-corrected chi connectivity index (χ0v) is 16.0. The van der Waals surface area contributed by atoms with Gasteiger partial charge in [-0.1, -0.05) is 26.8 Å². The van der Waals surface area contributed by atoms with Crippen molar-refractivity contribution >= 4 is 11.8 Å². The molecule has 1 fully saturated rings. The van der Waals surface area contributed by atoms with Crippen LogP contribution < -0.4 is 4.90 Å². The van der Waals surface area contributed by atoms with Gasteiger partial charge in [-0.3, -0.25) is 9.80 Å². The van der Waals surface area contributed by atoms with Gasteiger partial charge in [0.25, 0.3) is 0 Å². The number of rotatable bonds is 3. The first kappa shape index (κ1) is 18.8. The van der Waals surface area contributed by atoms with Gasteiger partial charge in [0.2, 0.25) is 0 Å². The maximum absolute atomic E-state index is 11.9. The van der Waals surface area contributed by atoms with Gasteiger partial charge >= 0.3 is 6.09 Å². The van der Waals surface area contributed by atoms with Gasteiger partial charge in [0.05, 0.1) is 0 Å². The lowest BCUT2D eigenvalue weighted by Gasteiger charge is -2.34. The number of nitrogens with zero attached hydrogens (tertiary/aromatic N) is 2. The van der Waals surface area contributed by atoms with Gasteiger partial charge in [-0.25, -0.2) is 4.79 Å². The lowest BCUT2D eigenvalue weighted by Crippen LogP contribution is -2.45. The molecule has 4 heteroatoms. The molecule has 1 aromatic rings. The number of hydrogen-bond acceptors (Lipinski definition) is 2. The molecule has 0 bridgehead atoms. The zero-order chi connectivity index (χ0) is 18.1. The number of hydrogen-bond donors (Lipinski definition) is 1. The van der Waals surface area contributed by atoms with Gasteiger partial charge in [0.1, 0.15) is 0 Å². The molecule has 24 heavy (non-hydrogen) atoms. The Kier molecular flexibility index (Phi) is 5.28. The van der Waals surface area contributed by atoms with Crippen LogP contribution in [-0.4, -0.2) is 34.7 Å². The Bertz CT molecular complexity index is 591. The first-order valence-corrected chi connectivity index (χ1v) is 8.88. The van der Waals surface area contributed by atoms with Gasteiger partial charge in [-0.2, -0.15) is 0 Å². The molecule has 0 aromatic heterocycles. The molecule has 1 aromatic carbocycles. The normalized spacial score (nSPS) is 16.4. The highest BCUT2D eigenvalue weighted by atomic mass is 16.4. The number of anilines is 1. The van der Waals surface area contributed by atoms with Crippen molar-refractivity contribution in [2.24, 2.45) is 0 Å². The van der Waals surface area contributed by atoms with E-state index >= 15 is 0 Å². The van der Waals surface area contributed by atoms with E-state index in [1.807, 2.05) is 32.9 Å². The Hall–Kier alpha value is -1.55. The fourth-order valence-corrected chi connectivity index (χ4v) is 3.31. The van der Waals surface area contributed by atoms with Crippen LogP contribution in [0.2, 0.25) is 0 Å². The van der Waals surface area contributed by atoms with Crippen LogP contribution in [0, 0.1) is 0 Å². The fraction of sp³-hybridized carbons (Fsp3) is 0.650. The predicted molar refractivity (Wildman–Crippen MR) is 99.9 cm³/mol. The first-order valence-electron chi connectivity index (χ1n) is 8.88. The van der Waals surface area contributed by atoms with Crippen molar-refractivity contribution in [3.8, 4) is 0 Å². The minimum atomic E-state index is -0.902. The molecular weight excluding hydrogens is 300 g/mol. The van der Waals surface area contributed by atoms with E-state index in [1.165, 1.54) is 28.9 Å². The van der Waals surface area contributed by atoms with E-state index in [1.54, 1.807) is 0 Å². The fourth-order valence-electron chi connectivity index (χ4n) is 3.31. The minimum absolute atomic E-state index is 0.0160. The van der Waals surface area contributed by atoms with Crippen molar-refractivity contribution < 1.29 is 9.90 Å². The molecule has 4 nitrogen and oxygen atoms in total. The first-order chi connectivity index (χ1) is 11.0. The summed E-state index contributed by atoms with van der Waals surface area (Å²) in [5, 5.41) is 9.75. The number of carbonyl (C=O) groups is 1. The molecule has 0 atom stereocenters. The van der Waals surface area contributed by atoms with Crippen LogP contribution in [-0.2, 0) is 12.0 Å². The summed E-state index contributed by atoms with van der Waals surface area (Å²) in [6.07, 6.45) is 1.62. The van der Waals surface area contributed by atoms with E-state index in [0.29, 0.717) is 0 Å². The van der Waals surface area contributed by atoms with Crippen LogP contribution in [0.25, 0.3) is 0 Å². The Labute approximate surface area is 146 Å². The molecular formula is C20H32N2O2. The standard InChI is InChI=1S/C20H32N2O2/c1-19(2,3)16-11-15(14-21-9-7-8-10-21)12-17(13-16)22(18(23)24)20(4,5)6/h11-13H,7-10,14H2,1-6H3,(H,23,24). The number of benzene rings is 1. The lowest BCUT2D eigenvalue weighted by atomic mass is 9.85. The Balaban J connectivity index is 2.47. The van der Waals surface area contributed by atoms with Crippen LogP contribution in [0.15, 0.2) is 18.2 Å². The Morgan fingerprint density at radius 3 is 2.12 bits per heavy atom. The van der Waals surface area contributed by atoms with E-state index in [9.17, 15) is 9.90 Å². The summed E-state index contributed by atoms with van der Waals surface area (Å²) in [7, 11) is 0. The second kappa shape index (κ2) is 6.75. The summed E-state index contributed by atoms with van der Waals surface area (Å²) >= 11 is 0. The van der Waals surface area contributed by atoms with Crippen molar-refractivity contribution in [3.63, 3.8) is 0 Å². The smallest absolute Gasteiger partial charge is 0.412 e. The largest absolute Gasteiger partial charge is 0.465 e. The molecule has 1 aliphatic rings. The quantitative estimate of drug-likeness (QED) is 0.859. The van der Waals surface area contributed by atoms with Crippen LogP contribution in [0.3, 0.4) is 0 Å². The van der Waals surface area contributed by atoms with E-state index in [-0.39, 0.29) is 5.41 Å². The zero-order valence-electron chi connectivity index (χ0n) is 16.0. The van der Waals surface area contributed by atoms with Gasteiger partial charge in [0, 0.05) is 17.8 Å². The van der Waals surface area contributed by atoms with E-state index < -0.39 is 11.6 Å². The number of amides is 1. The molecule has 1 saturated heterocycles. The average Bonchev–Trinajstić information content (AvgIpc) is 2.88. The molecule has 1 aliphatic heterocycles. The van der Waals surface area contributed by atoms with Crippen molar-refractivity contribution in [2.75, 3.05) is 18.0 Å². The molecule has 1 heterocycles. The second-order valence-corrected chi connectivity index (χ2v) is 8.91. The molecule has 1 N–H and O–H groups in total. The summed E-state index contributed by atoms with van der Waals surface area (Å²) in [5.41, 5.74) is 2.67. The van der Waals surface area contributed by atoms with Gasteiger partial charge in [0.15, 0.2) is 0 Å². The molecule has 1 amide bonds. The van der Waals surface area contributed by atoms with Crippen molar-refractivity contribution in [1.29, 1.82) is 0 Å². The molecule has 0 aliphatic carbocycles. The number of likely N-dealkylation sites (tertiary alicyclic amines) is 1. The SMILES string of the molecule is CC(C)(C)c1cc(CN2CCCC2)cc(N(C(=O)O)C(C)(C)C)c1. The summed E-state index contributed by atoms with van der Waals surface area (Å²) in [6, 6.07) is 6.32. The van der Waals surface area contributed by atoms with E-state index in [4.69, 9.17) is 0 Å². The highest BCUT2D eigenvalue weighted by Gasteiger charge is 2.29. The van der Waals surface area contributed by atoms with Crippen LogP contribution >= 0.6 is 0 Å². The number of carboxylic acid groups (broad SMARTS) is 1. The molecule has 0 unspecified atom stereocenters. The third-order valence-electron chi connectivity index (χ3n) is 4.57. The molecule has 0 spiro atoms. The summed E-state index contributed by atoms with van der Waals surface area (Å²) < 4.78 is 0. The average molecular weight is 332 g/mol. The Morgan fingerprint density at radius 1 is 1.08 bits per heavy atom. The molecule has 0 radical (unpaired) electrons. The van der Waals surface area contributed by atoms with Crippen molar-refractivity contribution in [1.82, 2.24) is 4.90 Å². The third kappa shape index (κ3) is 4.50. The highest BCUT2D eigenvalue weighted by Crippen LogP contribution is 2.32.